The number of esters is 1. The van der Waals surface area contributed by atoms with E-state index in [0.29, 0.717) is 13.1 Å². The van der Waals surface area contributed by atoms with Crippen LogP contribution in [0.15, 0.2) is 36.5 Å². The molecule has 0 bridgehead atoms. The molecule has 0 saturated heterocycles. The highest BCUT2D eigenvalue weighted by Crippen LogP contribution is 2.11. The molecule has 0 unspecified atom stereocenters. The van der Waals surface area contributed by atoms with E-state index in [2.05, 4.69) is 20.3 Å². The number of methoxy groups -OCH3 is 1. The monoisotopic (exact) mass is 275 g/mol. The van der Waals surface area contributed by atoms with E-state index >= 15 is 0 Å². The largest absolute Gasteiger partial charge is 0.465 e. The highest BCUT2D eigenvalue weighted by Gasteiger charge is 2.11. The first-order valence-corrected chi connectivity index (χ1v) is 6.04. The first-order chi connectivity index (χ1) is 9.70. The van der Waals surface area contributed by atoms with Crippen molar-refractivity contribution in [1.29, 1.82) is 0 Å². The number of ether oxygens (including phenoxy) is 1. The molecule has 0 saturated carbocycles. The molecule has 1 N–H and O–H groups in total. The Bertz CT molecular complexity index is 590. The Morgan fingerprint density at radius 1 is 1.35 bits per heavy atom. The van der Waals surface area contributed by atoms with Crippen molar-refractivity contribution in [3.63, 3.8) is 0 Å². The van der Waals surface area contributed by atoms with E-state index < -0.39 is 11.8 Å². The van der Waals surface area contributed by atoms with Gasteiger partial charge in [0.25, 0.3) is 0 Å². The summed E-state index contributed by atoms with van der Waals surface area (Å²) >= 11 is 0. The van der Waals surface area contributed by atoms with Gasteiger partial charge in [-0.25, -0.2) is 9.18 Å². The number of aromatic nitrogens is 2. The van der Waals surface area contributed by atoms with Gasteiger partial charge in [0.05, 0.1) is 18.4 Å². The van der Waals surface area contributed by atoms with Crippen LogP contribution in [0.25, 0.3) is 0 Å². The second-order valence-corrected chi connectivity index (χ2v) is 4.12. The first-order valence-electron chi connectivity index (χ1n) is 6.04. The lowest BCUT2D eigenvalue weighted by Crippen LogP contribution is -2.14. The zero-order valence-corrected chi connectivity index (χ0v) is 11.0. The summed E-state index contributed by atoms with van der Waals surface area (Å²) in [5, 5.41) is 10.8. The molecule has 1 heterocycles. The standard InChI is InChI=1S/C14H14FN3O2/c1-20-14(19)12-5-4-10(7-13(12)15)8-16-9-11-3-2-6-17-18-11/h2-7,16H,8-9H2,1H3. The van der Waals surface area contributed by atoms with Crippen molar-refractivity contribution in [3.05, 3.63) is 59.2 Å². The van der Waals surface area contributed by atoms with E-state index in [1.165, 1.54) is 19.2 Å². The minimum absolute atomic E-state index is 0.0647. The third-order valence-electron chi connectivity index (χ3n) is 2.70. The van der Waals surface area contributed by atoms with E-state index in [1.54, 1.807) is 18.3 Å². The lowest BCUT2D eigenvalue weighted by atomic mass is 10.1. The molecule has 6 heteroatoms. The van der Waals surface area contributed by atoms with Crippen LogP contribution in [-0.2, 0) is 17.8 Å². The summed E-state index contributed by atoms with van der Waals surface area (Å²) in [6.45, 7) is 1.00. The van der Waals surface area contributed by atoms with Crippen molar-refractivity contribution in [2.24, 2.45) is 0 Å². The molecule has 2 rings (SSSR count). The predicted octanol–water partition coefficient (Wildman–Crippen LogP) is 1.69. The Morgan fingerprint density at radius 2 is 2.20 bits per heavy atom. The van der Waals surface area contributed by atoms with Crippen LogP contribution < -0.4 is 5.32 Å². The van der Waals surface area contributed by atoms with Crippen LogP contribution in [-0.4, -0.2) is 23.3 Å². The van der Waals surface area contributed by atoms with Crippen LogP contribution in [0.4, 0.5) is 4.39 Å². The van der Waals surface area contributed by atoms with E-state index in [4.69, 9.17) is 0 Å². The van der Waals surface area contributed by atoms with E-state index in [9.17, 15) is 9.18 Å². The molecule has 104 valence electrons. The molecule has 0 atom stereocenters. The molecule has 1 aromatic carbocycles. The summed E-state index contributed by atoms with van der Waals surface area (Å²) < 4.78 is 18.2. The van der Waals surface area contributed by atoms with Gasteiger partial charge in [0.2, 0.25) is 0 Å². The fourth-order valence-corrected chi connectivity index (χ4v) is 1.71. The van der Waals surface area contributed by atoms with Crippen LogP contribution in [0.3, 0.4) is 0 Å². The molecule has 0 fully saturated rings. The molecule has 0 aliphatic rings. The van der Waals surface area contributed by atoms with Crippen molar-refractivity contribution in [3.8, 4) is 0 Å². The molecule has 0 amide bonds. The summed E-state index contributed by atoms with van der Waals surface area (Å²) in [6.07, 6.45) is 1.60. The molecule has 2 aromatic rings. The average Bonchev–Trinajstić information content (AvgIpc) is 2.48. The summed E-state index contributed by atoms with van der Waals surface area (Å²) in [5.74, 6) is -1.27. The molecular formula is C14H14FN3O2. The smallest absolute Gasteiger partial charge is 0.340 e. The Kier molecular flexibility index (Phi) is 4.73. The molecule has 0 radical (unpaired) electrons. The minimum Gasteiger partial charge on any atom is -0.465 e. The number of nitrogens with one attached hydrogen (secondary N) is 1. The van der Waals surface area contributed by atoms with Gasteiger partial charge in [-0.1, -0.05) is 6.07 Å². The van der Waals surface area contributed by atoms with Crippen molar-refractivity contribution in [1.82, 2.24) is 15.5 Å². The van der Waals surface area contributed by atoms with Gasteiger partial charge in [0, 0.05) is 19.3 Å². The molecule has 0 aliphatic heterocycles. The number of carbonyl (C=O) groups excluding carboxylic acids is 1. The summed E-state index contributed by atoms with van der Waals surface area (Å²) in [5.41, 5.74) is 1.48. The topological polar surface area (TPSA) is 64.1 Å². The van der Waals surface area contributed by atoms with Gasteiger partial charge in [0.15, 0.2) is 0 Å². The molecular weight excluding hydrogens is 261 g/mol. The quantitative estimate of drug-likeness (QED) is 0.841. The number of halogens is 1. The predicted molar refractivity (Wildman–Crippen MR) is 70.3 cm³/mol. The van der Waals surface area contributed by atoms with Crippen molar-refractivity contribution in [2.75, 3.05) is 7.11 Å². The number of hydrogen-bond donors (Lipinski definition) is 1. The van der Waals surface area contributed by atoms with Gasteiger partial charge in [-0.3, -0.25) is 0 Å². The van der Waals surface area contributed by atoms with Crippen LogP contribution >= 0.6 is 0 Å². The third kappa shape index (κ3) is 3.58. The summed E-state index contributed by atoms with van der Waals surface area (Å²) in [7, 11) is 1.22. The second-order valence-electron chi connectivity index (χ2n) is 4.12. The Hall–Kier alpha value is -2.34. The zero-order valence-electron chi connectivity index (χ0n) is 11.0. The number of carbonyl (C=O) groups is 1. The summed E-state index contributed by atoms with van der Waals surface area (Å²) in [4.78, 5) is 11.3. The number of rotatable bonds is 5. The Balaban J connectivity index is 1.94. The lowest BCUT2D eigenvalue weighted by molar-refractivity contribution is 0.0595. The van der Waals surface area contributed by atoms with Gasteiger partial charge < -0.3 is 10.1 Å². The Labute approximate surface area is 115 Å². The average molecular weight is 275 g/mol. The fraction of sp³-hybridized carbons (Fsp3) is 0.214. The van der Waals surface area contributed by atoms with E-state index in [0.717, 1.165) is 11.3 Å². The van der Waals surface area contributed by atoms with Gasteiger partial charge in [-0.2, -0.15) is 10.2 Å². The normalized spacial score (nSPS) is 10.3. The van der Waals surface area contributed by atoms with Crippen molar-refractivity contribution < 1.29 is 13.9 Å². The SMILES string of the molecule is COC(=O)c1ccc(CNCc2cccnn2)cc1F. The van der Waals surface area contributed by atoms with Gasteiger partial charge >= 0.3 is 5.97 Å². The van der Waals surface area contributed by atoms with Crippen LogP contribution in [0.2, 0.25) is 0 Å². The molecule has 5 nitrogen and oxygen atoms in total. The highest BCUT2D eigenvalue weighted by atomic mass is 19.1. The molecule has 0 aliphatic carbocycles. The van der Waals surface area contributed by atoms with Crippen molar-refractivity contribution >= 4 is 5.97 Å². The zero-order chi connectivity index (χ0) is 14.4. The number of benzene rings is 1. The third-order valence-corrected chi connectivity index (χ3v) is 2.70. The number of nitrogens with zero attached hydrogens (tertiary/aromatic N) is 2. The van der Waals surface area contributed by atoms with E-state index in [-0.39, 0.29) is 5.56 Å². The molecule has 0 spiro atoms. The number of hydrogen-bond acceptors (Lipinski definition) is 5. The van der Waals surface area contributed by atoms with Gasteiger partial charge in [0.1, 0.15) is 5.82 Å². The van der Waals surface area contributed by atoms with Gasteiger partial charge in [-0.05, 0) is 29.8 Å². The maximum atomic E-state index is 13.7. The fourth-order valence-electron chi connectivity index (χ4n) is 1.71. The first kappa shape index (κ1) is 14.1. The van der Waals surface area contributed by atoms with E-state index in [1.807, 2.05) is 6.07 Å². The summed E-state index contributed by atoms with van der Waals surface area (Å²) in [6, 6.07) is 8.06. The molecule has 1 aromatic heterocycles. The maximum absolute atomic E-state index is 13.7. The van der Waals surface area contributed by atoms with Crippen molar-refractivity contribution in [2.45, 2.75) is 13.1 Å². The lowest BCUT2D eigenvalue weighted by Gasteiger charge is -2.06. The second kappa shape index (κ2) is 6.72. The van der Waals surface area contributed by atoms with Crippen LogP contribution in [0.5, 0.6) is 0 Å². The maximum Gasteiger partial charge on any atom is 0.340 e. The van der Waals surface area contributed by atoms with Gasteiger partial charge in [-0.15, -0.1) is 0 Å². The minimum atomic E-state index is -0.679. The Morgan fingerprint density at radius 3 is 2.85 bits per heavy atom. The van der Waals surface area contributed by atoms with Crippen LogP contribution in [0.1, 0.15) is 21.6 Å². The van der Waals surface area contributed by atoms with Crippen LogP contribution in [0, 0.1) is 5.82 Å². The molecule has 20 heavy (non-hydrogen) atoms. The highest BCUT2D eigenvalue weighted by molar-refractivity contribution is 5.89.